The number of hydrogen-bond acceptors (Lipinski definition) is 6. The Kier molecular flexibility index (Phi) is 4.89. The van der Waals surface area contributed by atoms with Crippen LogP contribution in [0.1, 0.15) is 0 Å². The largest absolute Gasteiger partial charge is 0.460 e. The Labute approximate surface area is 152 Å². The zero-order valence-corrected chi connectivity index (χ0v) is 13.2. The summed E-state index contributed by atoms with van der Waals surface area (Å²) in [5.74, 6) is -25.5. The Morgan fingerprint density at radius 1 is 0.655 bits per heavy atom. The Balaban J connectivity index is 2.86. The monoisotopic (exact) mass is 434 g/mol. The molecule has 2 rings (SSSR count). The Morgan fingerprint density at radius 3 is 1.41 bits per heavy atom. The lowest BCUT2D eigenvalue weighted by Crippen LogP contribution is -2.63. The first kappa shape index (κ1) is 21.8. The SMILES string of the molecule is O=C1NC(=O)C(=C(C2C(=O)NC(=O)NC2=O)C(F)(F)C(F)(F)C(F)(F)F)C(=O)N1. The minimum Gasteiger partial charge on any atom is -0.277 e. The van der Waals surface area contributed by atoms with Crippen molar-refractivity contribution in [2.24, 2.45) is 5.92 Å². The third-order valence-corrected chi connectivity index (χ3v) is 3.55. The second kappa shape index (κ2) is 6.52. The zero-order chi connectivity index (χ0) is 22.5. The molecule has 0 atom stereocenters. The second-order valence-electron chi connectivity index (χ2n) is 5.41. The van der Waals surface area contributed by atoms with Gasteiger partial charge in [-0.25, -0.2) is 9.59 Å². The van der Waals surface area contributed by atoms with Crippen molar-refractivity contribution in [3.05, 3.63) is 11.1 Å². The predicted molar refractivity (Wildman–Crippen MR) is 69.8 cm³/mol. The van der Waals surface area contributed by atoms with Crippen LogP contribution >= 0.6 is 0 Å². The van der Waals surface area contributed by atoms with Gasteiger partial charge < -0.3 is 0 Å². The number of alkyl halides is 7. The van der Waals surface area contributed by atoms with Crippen LogP contribution in [-0.4, -0.2) is 53.7 Å². The van der Waals surface area contributed by atoms with E-state index in [9.17, 15) is 59.5 Å². The predicted octanol–water partition coefficient (Wildman–Crippen LogP) is -0.536. The molecule has 0 aromatic carbocycles. The first-order valence-electron chi connectivity index (χ1n) is 6.91. The third-order valence-electron chi connectivity index (χ3n) is 3.55. The fourth-order valence-corrected chi connectivity index (χ4v) is 2.32. The van der Waals surface area contributed by atoms with Gasteiger partial charge in [0, 0.05) is 5.57 Å². The van der Waals surface area contributed by atoms with E-state index in [0.717, 1.165) is 21.3 Å². The summed E-state index contributed by atoms with van der Waals surface area (Å²) < 4.78 is 93.6. The number of barbiturate groups is 2. The number of rotatable bonds is 3. The molecule has 0 saturated carbocycles. The average molecular weight is 434 g/mol. The van der Waals surface area contributed by atoms with E-state index in [4.69, 9.17) is 0 Å². The summed E-state index contributed by atoms with van der Waals surface area (Å²) in [5, 5.41) is 4.54. The maximum absolute atomic E-state index is 14.4. The first-order valence-corrected chi connectivity index (χ1v) is 6.91. The van der Waals surface area contributed by atoms with Gasteiger partial charge in [-0.1, -0.05) is 0 Å². The second-order valence-corrected chi connectivity index (χ2v) is 5.41. The summed E-state index contributed by atoms with van der Waals surface area (Å²) >= 11 is 0. The highest BCUT2D eigenvalue weighted by Crippen LogP contribution is 2.52. The van der Waals surface area contributed by atoms with E-state index in [0.29, 0.717) is 0 Å². The summed E-state index contributed by atoms with van der Waals surface area (Å²) in [6.45, 7) is 0. The topological polar surface area (TPSA) is 151 Å². The van der Waals surface area contributed by atoms with Crippen molar-refractivity contribution in [3.8, 4) is 0 Å². The molecule has 2 aliphatic rings. The van der Waals surface area contributed by atoms with Crippen molar-refractivity contribution in [1.82, 2.24) is 21.3 Å². The number of imide groups is 4. The smallest absolute Gasteiger partial charge is 0.277 e. The van der Waals surface area contributed by atoms with Crippen LogP contribution in [0, 0.1) is 5.92 Å². The van der Waals surface area contributed by atoms with Gasteiger partial charge in [0.1, 0.15) is 11.5 Å². The Bertz CT molecular complexity index is 852. The van der Waals surface area contributed by atoms with Crippen LogP contribution in [0.4, 0.5) is 40.3 Å². The molecule has 0 unspecified atom stereocenters. The van der Waals surface area contributed by atoms with Crippen LogP contribution in [-0.2, 0) is 19.2 Å². The normalized spacial score (nSPS) is 19.5. The van der Waals surface area contributed by atoms with Crippen molar-refractivity contribution >= 4 is 35.7 Å². The van der Waals surface area contributed by atoms with E-state index in [1.165, 1.54) is 0 Å². The quantitative estimate of drug-likeness (QED) is 0.203. The van der Waals surface area contributed by atoms with Gasteiger partial charge in [-0.2, -0.15) is 30.7 Å². The molecule has 17 heteroatoms. The minimum absolute atomic E-state index is 1.12. The Hall–Kier alpha value is -3.53. The first-order chi connectivity index (χ1) is 13.0. The average Bonchev–Trinajstić information content (AvgIpc) is 2.50. The number of carbonyl (C=O) groups is 6. The molecule has 158 valence electrons. The fourth-order valence-electron chi connectivity index (χ4n) is 2.32. The summed E-state index contributed by atoms with van der Waals surface area (Å²) in [6, 6.07) is -3.29. The Morgan fingerprint density at radius 2 is 1.03 bits per heavy atom. The number of hydrogen-bond donors (Lipinski definition) is 4. The number of urea groups is 2. The lowest BCUT2D eigenvalue weighted by molar-refractivity contribution is -0.345. The molecule has 0 aromatic heterocycles. The lowest BCUT2D eigenvalue weighted by Gasteiger charge is -2.35. The van der Waals surface area contributed by atoms with Gasteiger partial charge in [0.15, 0.2) is 0 Å². The van der Waals surface area contributed by atoms with Crippen LogP contribution in [0.2, 0.25) is 0 Å². The van der Waals surface area contributed by atoms with Gasteiger partial charge in [-0.15, -0.1) is 0 Å². The van der Waals surface area contributed by atoms with Crippen LogP contribution in [0.3, 0.4) is 0 Å². The molecule has 29 heavy (non-hydrogen) atoms. The molecule has 4 N–H and O–H groups in total. The van der Waals surface area contributed by atoms with Crippen molar-refractivity contribution in [3.63, 3.8) is 0 Å². The van der Waals surface area contributed by atoms with Crippen LogP contribution in [0.25, 0.3) is 0 Å². The highest BCUT2D eigenvalue weighted by Gasteiger charge is 2.76. The number of nitrogens with one attached hydrogen (secondary N) is 4. The van der Waals surface area contributed by atoms with E-state index in [2.05, 4.69) is 0 Å². The minimum atomic E-state index is -6.99. The van der Waals surface area contributed by atoms with E-state index >= 15 is 0 Å². The standard InChI is InChI=1S/C12H5F7N4O6/c13-10(14,11(15,16)12(17,18)19)3(1-4(24)20-8(28)21-5(1)25)2-6(26)22-9(29)23-7(2)27/h1H,(H2,20,21,24,25,28)(H2,22,23,26,27,29). The third kappa shape index (κ3) is 3.38. The van der Waals surface area contributed by atoms with Crippen molar-refractivity contribution in [2.75, 3.05) is 0 Å². The maximum atomic E-state index is 14.4. The molecule has 2 fully saturated rings. The highest BCUT2D eigenvalue weighted by molar-refractivity contribution is 6.30. The van der Waals surface area contributed by atoms with Crippen molar-refractivity contribution < 1.29 is 59.5 Å². The van der Waals surface area contributed by atoms with E-state index < -0.39 is 70.8 Å². The van der Waals surface area contributed by atoms with Gasteiger partial charge in [0.25, 0.3) is 11.8 Å². The van der Waals surface area contributed by atoms with E-state index in [1.54, 1.807) is 0 Å². The van der Waals surface area contributed by atoms with Crippen molar-refractivity contribution in [1.29, 1.82) is 0 Å². The molecule has 0 radical (unpaired) electrons. The molecule has 2 aliphatic heterocycles. The molecule has 10 nitrogen and oxygen atoms in total. The maximum Gasteiger partial charge on any atom is 0.460 e. The summed E-state index contributed by atoms with van der Waals surface area (Å²) in [5.41, 5.74) is -5.09. The van der Waals surface area contributed by atoms with E-state index in [1.807, 2.05) is 0 Å². The molecule has 2 heterocycles. The summed E-state index contributed by atoms with van der Waals surface area (Å²) in [7, 11) is 0. The van der Waals surface area contributed by atoms with Gasteiger partial charge in [-0.05, 0) is 0 Å². The van der Waals surface area contributed by atoms with Crippen LogP contribution < -0.4 is 21.3 Å². The van der Waals surface area contributed by atoms with Crippen LogP contribution in [0.5, 0.6) is 0 Å². The molecule has 0 aromatic rings. The molecule has 0 spiro atoms. The fraction of sp³-hybridized carbons (Fsp3) is 0.333. The van der Waals surface area contributed by atoms with Gasteiger partial charge in [0.2, 0.25) is 11.8 Å². The van der Waals surface area contributed by atoms with Crippen molar-refractivity contribution in [2.45, 2.75) is 18.0 Å². The summed E-state index contributed by atoms with van der Waals surface area (Å²) in [4.78, 5) is 69.1. The van der Waals surface area contributed by atoms with Gasteiger partial charge >= 0.3 is 30.1 Å². The zero-order valence-electron chi connectivity index (χ0n) is 13.2. The molecule has 8 amide bonds. The highest BCUT2D eigenvalue weighted by atomic mass is 19.4. The number of halogens is 7. The molecule has 2 saturated heterocycles. The van der Waals surface area contributed by atoms with Gasteiger partial charge in [-0.3, -0.25) is 40.4 Å². The molecular weight excluding hydrogens is 429 g/mol. The molecule has 0 bridgehead atoms. The number of amides is 8. The lowest BCUT2D eigenvalue weighted by atomic mass is 9.83. The molecular formula is C12H5F7N4O6. The number of carbonyl (C=O) groups excluding carboxylic acids is 6. The van der Waals surface area contributed by atoms with Gasteiger partial charge in [0.05, 0.1) is 0 Å². The van der Waals surface area contributed by atoms with E-state index in [-0.39, 0.29) is 0 Å². The summed E-state index contributed by atoms with van der Waals surface area (Å²) in [6.07, 6.45) is -6.98. The van der Waals surface area contributed by atoms with Crippen LogP contribution in [0.15, 0.2) is 11.1 Å². The molecule has 0 aliphatic carbocycles.